The highest BCUT2D eigenvalue weighted by atomic mass is 35.5. The van der Waals surface area contributed by atoms with Crippen molar-refractivity contribution in [3.8, 4) is 11.5 Å². The maximum Gasteiger partial charge on any atom is 0.319 e. The number of nitrogens with one attached hydrogen (secondary N) is 2. The van der Waals surface area contributed by atoms with Crippen LogP contribution < -0.4 is 20.1 Å². The Hall–Kier alpha value is -2.44. The molecule has 0 aromatic heterocycles. The molecule has 1 aliphatic heterocycles. The predicted octanol–water partition coefficient (Wildman–Crippen LogP) is 4.39. The van der Waals surface area contributed by atoms with E-state index in [9.17, 15) is 4.79 Å². The molecule has 29 heavy (non-hydrogen) atoms. The number of halogens is 1. The van der Waals surface area contributed by atoms with Gasteiger partial charge in [0, 0.05) is 29.9 Å². The number of likely N-dealkylation sites (tertiary alicyclic amines) is 1. The van der Waals surface area contributed by atoms with Gasteiger partial charge >= 0.3 is 6.03 Å². The van der Waals surface area contributed by atoms with Gasteiger partial charge in [0.1, 0.15) is 0 Å². The Morgan fingerprint density at radius 1 is 1.07 bits per heavy atom. The van der Waals surface area contributed by atoms with E-state index in [4.69, 9.17) is 21.1 Å². The summed E-state index contributed by atoms with van der Waals surface area (Å²) >= 11 is 5.95. The molecule has 3 rings (SSSR count). The molecule has 2 N–H and O–H groups in total. The summed E-state index contributed by atoms with van der Waals surface area (Å²) in [6, 6.07) is 13.1. The van der Waals surface area contributed by atoms with Crippen LogP contribution in [0.15, 0.2) is 42.5 Å². The third-order valence-electron chi connectivity index (χ3n) is 5.22. The highest BCUT2D eigenvalue weighted by Gasteiger charge is 2.20. The van der Waals surface area contributed by atoms with E-state index >= 15 is 0 Å². The normalized spacial score (nSPS) is 15.0. The highest BCUT2D eigenvalue weighted by Crippen LogP contribution is 2.29. The molecule has 2 amide bonds. The van der Waals surface area contributed by atoms with Crippen LogP contribution in [0.25, 0.3) is 0 Å². The third-order valence-corrected chi connectivity index (χ3v) is 5.47. The molecule has 1 fully saturated rings. The fourth-order valence-corrected chi connectivity index (χ4v) is 3.65. The molecule has 0 saturated carbocycles. The molecule has 156 valence electrons. The van der Waals surface area contributed by atoms with Crippen molar-refractivity contribution in [1.82, 2.24) is 10.2 Å². The van der Waals surface area contributed by atoms with Crippen LogP contribution in [0.3, 0.4) is 0 Å². The lowest BCUT2D eigenvalue weighted by molar-refractivity contribution is 0.175. The minimum atomic E-state index is -0.208. The van der Waals surface area contributed by atoms with Gasteiger partial charge in [-0.3, -0.25) is 4.90 Å². The molecule has 1 saturated heterocycles. The van der Waals surface area contributed by atoms with Crippen molar-refractivity contribution in [2.75, 3.05) is 39.2 Å². The van der Waals surface area contributed by atoms with Gasteiger partial charge in [-0.1, -0.05) is 23.7 Å². The first-order chi connectivity index (χ1) is 14.1. The number of carbonyl (C=O) groups is 1. The van der Waals surface area contributed by atoms with Gasteiger partial charge in [0.25, 0.3) is 0 Å². The van der Waals surface area contributed by atoms with Crippen LogP contribution in [-0.4, -0.2) is 44.8 Å². The number of benzene rings is 2. The molecule has 6 nitrogen and oxygen atoms in total. The van der Waals surface area contributed by atoms with Crippen molar-refractivity contribution in [2.45, 2.75) is 19.4 Å². The minimum absolute atomic E-state index is 0.208. The highest BCUT2D eigenvalue weighted by molar-refractivity contribution is 6.30. The second kappa shape index (κ2) is 10.4. The van der Waals surface area contributed by atoms with E-state index in [0.29, 0.717) is 29.6 Å². The van der Waals surface area contributed by atoms with Gasteiger partial charge in [-0.05, 0) is 61.7 Å². The largest absolute Gasteiger partial charge is 0.493 e. The summed E-state index contributed by atoms with van der Waals surface area (Å²) in [6.45, 7) is 3.68. The zero-order chi connectivity index (χ0) is 20.6. The van der Waals surface area contributed by atoms with E-state index in [0.717, 1.165) is 37.5 Å². The lowest BCUT2D eigenvalue weighted by Gasteiger charge is -2.32. The van der Waals surface area contributed by atoms with Crippen molar-refractivity contribution in [3.05, 3.63) is 53.1 Å². The number of piperidine rings is 1. The number of ether oxygens (including phenoxy) is 2. The number of urea groups is 1. The third kappa shape index (κ3) is 6.27. The van der Waals surface area contributed by atoms with Crippen LogP contribution in [-0.2, 0) is 6.54 Å². The van der Waals surface area contributed by atoms with Gasteiger partial charge < -0.3 is 20.1 Å². The van der Waals surface area contributed by atoms with E-state index in [1.165, 1.54) is 5.56 Å². The van der Waals surface area contributed by atoms with Crippen LogP contribution in [0.4, 0.5) is 10.5 Å². The summed E-state index contributed by atoms with van der Waals surface area (Å²) in [7, 11) is 3.15. The molecule has 0 spiro atoms. The second-order valence-electron chi connectivity index (χ2n) is 7.25. The van der Waals surface area contributed by atoms with Crippen LogP contribution >= 0.6 is 11.6 Å². The summed E-state index contributed by atoms with van der Waals surface area (Å²) in [6.07, 6.45) is 2.15. The van der Waals surface area contributed by atoms with E-state index < -0.39 is 0 Å². The molecular formula is C22H28ClN3O3. The summed E-state index contributed by atoms with van der Waals surface area (Å²) in [5, 5.41) is 6.60. The zero-order valence-corrected chi connectivity index (χ0v) is 17.7. The van der Waals surface area contributed by atoms with Crippen molar-refractivity contribution in [2.24, 2.45) is 5.92 Å². The molecule has 0 atom stereocenters. The number of carbonyl (C=O) groups excluding carboxylic acids is 1. The summed E-state index contributed by atoms with van der Waals surface area (Å²) in [5.74, 6) is 1.70. The Morgan fingerprint density at radius 2 is 1.76 bits per heavy atom. The number of hydrogen-bond donors (Lipinski definition) is 2. The van der Waals surface area contributed by atoms with Crippen molar-refractivity contribution in [1.29, 1.82) is 0 Å². The van der Waals surface area contributed by atoms with Crippen molar-refractivity contribution < 1.29 is 14.3 Å². The monoisotopic (exact) mass is 417 g/mol. The first-order valence-corrected chi connectivity index (χ1v) is 10.2. The average molecular weight is 418 g/mol. The van der Waals surface area contributed by atoms with Crippen LogP contribution in [0, 0.1) is 5.92 Å². The molecule has 2 aromatic rings. The molecule has 0 aliphatic carbocycles. The van der Waals surface area contributed by atoms with Crippen molar-refractivity contribution in [3.63, 3.8) is 0 Å². The summed E-state index contributed by atoms with van der Waals surface area (Å²) in [4.78, 5) is 14.7. The maximum atomic E-state index is 12.2. The van der Waals surface area contributed by atoms with Gasteiger partial charge in [0.15, 0.2) is 11.5 Å². The Kier molecular flexibility index (Phi) is 7.61. The topological polar surface area (TPSA) is 62.8 Å². The van der Waals surface area contributed by atoms with E-state index in [-0.39, 0.29) is 6.03 Å². The molecule has 2 aromatic carbocycles. The SMILES string of the molecule is COc1ccc(NC(=O)NCC2CCN(Cc3ccc(Cl)cc3)CC2)cc1OC. The molecule has 1 aliphatic rings. The number of anilines is 1. The van der Waals surface area contributed by atoms with Crippen LogP contribution in [0.5, 0.6) is 11.5 Å². The van der Waals surface area contributed by atoms with E-state index in [2.05, 4.69) is 27.7 Å². The number of amides is 2. The first-order valence-electron chi connectivity index (χ1n) is 9.81. The average Bonchev–Trinajstić information content (AvgIpc) is 2.74. The summed E-state index contributed by atoms with van der Waals surface area (Å²) in [5.41, 5.74) is 1.94. The van der Waals surface area contributed by atoms with Gasteiger partial charge in [-0.25, -0.2) is 4.79 Å². The van der Waals surface area contributed by atoms with Gasteiger partial charge in [0.2, 0.25) is 0 Å². The van der Waals surface area contributed by atoms with E-state index in [1.54, 1.807) is 32.4 Å². The summed E-state index contributed by atoms with van der Waals surface area (Å²) < 4.78 is 10.5. The smallest absolute Gasteiger partial charge is 0.319 e. The molecule has 1 heterocycles. The lowest BCUT2D eigenvalue weighted by atomic mass is 9.96. The van der Waals surface area contributed by atoms with Crippen molar-refractivity contribution >= 4 is 23.3 Å². The molecule has 0 radical (unpaired) electrons. The van der Waals surface area contributed by atoms with E-state index in [1.807, 2.05) is 12.1 Å². The molecule has 0 bridgehead atoms. The number of rotatable bonds is 7. The van der Waals surface area contributed by atoms with Gasteiger partial charge in [-0.2, -0.15) is 0 Å². The Bertz CT molecular complexity index is 805. The van der Waals surface area contributed by atoms with Crippen LogP contribution in [0.2, 0.25) is 5.02 Å². The predicted molar refractivity (Wildman–Crippen MR) is 116 cm³/mol. The standard InChI is InChI=1S/C22H28ClN3O3/c1-28-20-8-7-19(13-21(20)29-2)25-22(27)24-14-16-9-11-26(12-10-16)15-17-3-5-18(23)6-4-17/h3-8,13,16H,9-12,14-15H2,1-2H3,(H2,24,25,27). The molecule has 7 heteroatoms. The van der Waals surface area contributed by atoms with Gasteiger partial charge in [-0.15, -0.1) is 0 Å². The minimum Gasteiger partial charge on any atom is -0.493 e. The zero-order valence-electron chi connectivity index (χ0n) is 16.9. The van der Waals surface area contributed by atoms with Crippen LogP contribution in [0.1, 0.15) is 18.4 Å². The Morgan fingerprint density at radius 3 is 2.41 bits per heavy atom. The second-order valence-corrected chi connectivity index (χ2v) is 7.69. The number of nitrogens with zero attached hydrogens (tertiary/aromatic N) is 1. The lowest BCUT2D eigenvalue weighted by Crippen LogP contribution is -2.39. The first kappa shape index (κ1) is 21.3. The molecular weight excluding hydrogens is 390 g/mol. The fourth-order valence-electron chi connectivity index (χ4n) is 3.52. The quantitative estimate of drug-likeness (QED) is 0.701. The molecule has 0 unspecified atom stereocenters. The number of hydrogen-bond acceptors (Lipinski definition) is 4. The van der Waals surface area contributed by atoms with Gasteiger partial charge in [0.05, 0.1) is 14.2 Å². The Labute approximate surface area is 177 Å². The number of methoxy groups -OCH3 is 2. The fraction of sp³-hybridized carbons (Fsp3) is 0.409. The Balaban J connectivity index is 1.39. The maximum absolute atomic E-state index is 12.2.